The van der Waals surface area contributed by atoms with E-state index in [9.17, 15) is 31.5 Å². The first-order chi connectivity index (χ1) is 19.9. The summed E-state index contributed by atoms with van der Waals surface area (Å²) in [6.07, 6.45) is 3.98. The van der Waals surface area contributed by atoms with E-state index in [-0.39, 0.29) is 35.6 Å². The van der Waals surface area contributed by atoms with Crippen molar-refractivity contribution in [2.24, 2.45) is 0 Å². The predicted molar refractivity (Wildman–Crippen MR) is 135 cm³/mol. The molecule has 0 aromatic carbocycles. The zero-order valence-corrected chi connectivity index (χ0v) is 22.1. The summed E-state index contributed by atoms with van der Waals surface area (Å²) < 4.78 is 68.4. The Hall–Kier alpha value is -4.83. The molecule has 0 atom stereocenters. The maximum absolute atomic E-state index is 13.5. The van der Waals surface area contributed by atoms with Gasteiger partial charge >= 0.3 is 6.18 Å². The summed E-state index contributed by atoms with van der Waals surface area (Å²) in [6.45, 7) is 1.45. The van der Waals surface area contributed by atoms with E-state index in [1.54, 1.807) is 0 Å². The Morgan fingerprint density at radius 2 is 1.19 bits per heavy atom. The highest BCUT2D eigenvalue weighted by atomic mass is 19.4. The molecule has 0 radical (unpaired) electrons. The zero-order chi connectivity index (χ0) is 30.3. The first kappa shape index (κ1) is 30.1. The van der Waals surface area contributed by atoms with Crippen LogP contribution in [-0.2, 0) is 38.3 Å². The van der Waals surface area contributed by atoms with E-state index in [0.29, 0.717) is 37.7 Å². The molecule has 0 bridgehead atoms. The van der Waals surface area contributed by atoms with Crippen molar-refractivity contribution in [1.29, 1.82) is 0 Å². The minimum absolute atomic E-state index is 0.00720. The monoisotopic (exact) mass is 592 g/mol. The van der Waals surface area contributed by atoms with Gasteiger partial charge in [-0.2, -0.15) is 13.2 Å². The Balaban J connectivity index is 1.18. The molecule has 2 amide bonds. The Morgan fingerprint density at radius 3 is 1.64 bits per heavy atom. The summed E-state index contributed by atoms with van der Waals surface area (Å²) >= 11 is 0. The van der Waals surface area contributed by atoms with E-state index < -0.39 is 29.5 Å². The normalized spacial score (nSPS) is 11.9. The van der Waals surface area contributed by atoms with Crippen LogP contribution in [0.4, 0.5) is 22.0 Å². The molecule has 0 spiro atoms. The number of pyridine rings is 2. The van der Waals surface area contributed by atoms with Crippen LogP contribution in [0.25, 0.3) is 0 Å². The fourth-order valence-corrected chi connectivity index (χ4v) is 3.68. The Labute approximate surface area is 235 Å². The summed E-state index contributed by atoms with van der Waals surface area (Å²) in [5.41, 5.74) is -0.492. The number of carbonyl (C=O) groups excluding carboxylic acids is 2. The molecule has 4 aromatic heterocycles. The number of hydrogen-bond acceptors (Lipinski definition) is 8. The predicted octanol–water partition coefficient (Wildman–Crippen LogP) is 3.13. The fraction of sp³-hybridized carbons (Fsp3) is 0.360. The molecule has 4 heterocycles. The lowest BCUT2D eigenvalue weighted by atomic mass is 10.1. The van der Waals surface area contributed by atoms with Gasteiger partial charge in [0.2, 0.25) is 0 Å². The van der Waals surface area contributed by atoms with Crippen LogP contribution in [0.5, 0.6) is 0 Å². The lowest BCUT2D eigenvalue weighted by Crippen LogP contribution is -2.23. The SMILES string of the molecule is CC(F)(F)c1cncc(CNC(=O)c2cn(CCCCn3cc(C(=O)NCc4cncc(C(F)(F)F)c4)nn3)nn2)c1. The van der Waals surface area contributed by atoms with Gasteiger partial charge in [0, 0.05) is 63.5 Å². The minimum atomic E-state index is -4.53. The van der Waals surface area contributed by atoms with Gasteiger partial charge in [0.25, 0.3) is 17.7 Å². The summed E-state index contributed by atoms with van der Waals surface area (Å²) in [5.74, 6) is -4.16. The van der Waals surface area contributed by atoms with E-state index >= 15 is 0 Å². The largest absolute Gasteiger partial charge is 0.417 e. The quantitative estimate of drug-likeness (QED) is 0.189. The smallest absolute Gasteiger partial charge is 0.346 e. The molecular weight excluding hydrogens is 567 g/mol. The molecule has 222 valence electrons. The van der Waals surface area contributed by atoms with Gasteiger partial charge in [0.1, 0.15) is 0 Å². The van der Waals surface area contributed by atoms with Crippen molar-refractivity contribution in [2.75, 3.05) is 0 Å². The molecule has 42 heavy (non-hydrogen) atoms. The molecular formula is C25H25F5N10O2. The van der Waals surface area contributed by atoms with Crippen LogP contribution in [0.1, 0.15) is 63.0 Å². The second kappa shape index (κ2) is 12.8. The van der Waals surface area contributed by atoms with Gasteiger partial charge in [-0.05, 0) is 36.1 Å². The van der Waals surface area contributed by atoms with Crippen LogP contribution in [0.2, 0.25) is 0 Å². The van der Waals surface area contributed by atoms with Crippen LogP contribution >= 0.6 is 0 Å². The van der Waals surface area contributed by atoms with E-state index in [2.05, 4.69) is 41.2 Å². The van der Waals surface area contributed by atoms with Crippen LogP contribution in [-0.4, -0.2) is 51.8 Å². The molecule has 12 nitrogen and oxygen atoms in total. The van der Waals surface area contributed by atoms with Crippen molar-refractivity contribution in [1.82, 2.24) is 50.6 Å². The minimum Gasteiger partial charge on any atom is -0.346 e. The van der Waals surface area contributed by atoms with Gasteiger partial charge in [-0.15, -0.1) is 10.2 Å². The lowest BCUT2D eigenvalue weighted by Gasteiger charge is -2.11. The number of halogens is 5. The van der Waals surface area contributed by atoms with Gasteiger partial charge in [0.05, 0.1) is 18.0 Å². The number of amides is 2. The number of aromatic nitrogens is 8. The van der Waals surface area contributed by atoms with Crippen molar-refractivity contribution < 1.29 is 31.5 Å². The van der Waals surface area contributed by atoms with Crippen molar-refractivity contribution in [3.05, 3.63) is 83.0 Å². The van der Waals surface area contributed by atoms with E-state index in [4.69, 9.17) is 0 Å². The molecule has 0 aliphatic heterocycles. The van der Waals surface area contributed by atoms with Gasteiger partial charge in [-0.25, -0.2) is 8.78 Å². The number of aryl methyl sites for hydroxylation is 2. The maximum Gasteiger partial charge on any atom is 0.417 e. The second-order valence-corrected chi connectivity index (χ2v) is 9.36. The van der Waals surface area contributed by atoms with E-state index in [1.807, 2.05) is 0 Å². The van der Waals surface area contributed by atoms with Crippen LogP contribution in [0, 0.1) is 0 Å². The Morgan fingerprint density at radius 1 is 0.738 bits per heavy atom. The van der Waals surface area contributed by atoms with Crippen molar-refractivity contribution in [3.8, 4) is 0 Å². The number of nitrogens with one attached hydrogen (secondary N) is 2. The standard InChI is InChI=1S/C25H25F5N10O2/c1-24(26,27)18-6-16(8-31-12-18)10-33-22(41)20-14-39(37-35-20)4-2-3-5-40-15-21(36-38-40)23(42)34-11-17-7-19(13-32-9-17)25(28,29)30/h6-9,12-15H,2-5,10-11H2,1H3,(H,33,41)(H,34,42). The van der Waals surface area contributed by atoms with Crippen molar-refractivity contribution in [2.45, 2.75) is 58.0 Å². The average Bonchev–Trinajstić information content (AvgIpc) is 3.62. The number of alkyl halides is 5. The number of carbonyl (C=O) groups is 2. The summed E-state index contributed by atoms with van der Waals surface area (Å²) in [4.78, 5) is 32.0. The van der Waals surface area contributed by atoms with Gasteiger partial charge < -0.3 is 10.6 Å². The Bertz CT molecular complexity index is 1420. The van der Waals surface area contributed by atoms with Gasteiger partial charge in [-0.3, -0.25) is 28.9 Å². The topological polar surface area (TPSA) is 145 Å². The molecule has 4 aromatic rings. The third-order valence-electron chi connectivity index (χ3n) is 5.90. The first-order valence-corrected chi connectivity index (χ1v) is 12.6. The summed E-state index contributed by atoms with van der Waals surface area (Å²) in [5, 5.41) is 20.5. The molecule has 0 aliphatic carbocycles. The van der Waals surface area contributed by atoms with Crippen molar-refractivity contribution in [3.63, 3.8) is 0 Å². The third kappa shape index (κ3) is 8.34. The lowest BCUT2D eigenvalue weighted by molar-refractivity contribution is -0.137. The number of hydrogen-bond donors (Lipinski definition) is 2. The molecule has 0 aliphatic rings. The highest BCUT2D eigenvalue weighted by molar-refractivity contribution is 5.92. The Kier molecular flexibility index (Phi) is 9.17. The molecule has 0 saturated carbocycles. The number of nitrogens with zero attached hydrogens (tertiary/aromatic N) is 8. The third-order valence-corrected chi connectivity index (χ3v) is 5.90. The number of rotatable bonds is 12. The van der Waals surface area contributed by atoms with Crippen LogP contribution in [0.3, 0.4) is 0 Å². The van der Waals surface area contributed by atoms with E-state index in [0.717, 1.165) is 19.2 Å². The average molecular weight is 593 g/mol. The second-order valence-electron chi connectivity index (χ2n) is 9.36. The van der Waals surface area contributed by atoms with Crippen LogP contribution in [0.15, 0.2) is 49.3 Å². The van der Waals surface area contributed by atoms with Gasteiger partial charge in [0.15, 0.2) is 11.4 Å². The van der Waals surface area contributed by atoms with Gasteiger partial charge in [-0.1, -0.05) is 10.4 Å². The summed E-state index contributed by atoms with van der Waals surface area (Å²) in [6, 6.07) is 2.18. The zero-order valence-electron chi connectivity index (χ0n) is 22.1. The summed E-state index contributed by atoms with van der Waals surface area (Å²) in [7, 11) is 0. The van der Waals surface area contributed by atoms with Crippen LogP contribution < -0.4 is 10.6 Å². The number of unbranched alkanes of at least 4 members (excludes halogenated alkanes) is 1. The molecule has 0 unspecified atom stereocenters. The molecule has 0 fully saturated rings. The maximum atomic E-state index is 13.5. The highest BCUT2D eigenvalue weighted by Crippen LogP contribution is 2.29. The molecule has 2 N–H and O–H groups in total. The van der Waals surface area contributed by atoms with E-state index in [1.165, 1.54) is 40.2 Å². The molecule has 4 rings (SSSR count). The van der Waals surface area contributed by atoms with Crippen molar-refractivity contribution >= 4 is 11.8 Å². The molecule has 0 saturated heterocycles. The fourth-order valence-electron chi connectivity index (χ4n) is 3.68. The first-order valence-electron chi connectivity index (χ1n) is 12.6. The highest BCUT2D eigenvalue weighted by Gasteiger charge is 2.31. The molecule has 17 heteroatoms.